The molecular formula is C24H17ClFNO4S. The summed E-state index contributed by atoms with van der Waals surface area (Å²) < 4.78 is 24.5. The van der Waals surface area contributed by atoms with E-state index < -0.39 is 11.1 Å². The van der Waals surface area contributed by atoms with Crippen LogP contribution in [0.1, 0.15) is 11.1 Å². The third kappa shape index (κ3) is 4.79. The van der Waals surface area contributed by atoms with E-state index in [1.165, 1.54) is 19.2 Å². The Labute approximate surface area is 193 Å². The topological polar surface area (TPSA) is 55.8 Å². The summed E-state index contributed by atoms with van der Waals surface area (Å²) in [7, 11) is 1.50. The molecule has 3 aromatic carbocycles. The molecule has 32 heavy (non-hydrogen) atoms. The van der Waals surface area contributed by atoms with Crippen LogP contribution in [-0.2, 0) is 11.4 Å². The zero-order valence-electron chi connectivity index (χ0n) is 16.9. The van der Waals surface area contributed by atoms with Crippen molar-refractivity contribution >= 4 is 46.3 Å². The summed E-state index contributed by atoms with van der Waals surface area (Å²) in [6.45, 7) is 0.173. The molecule has 2 amide bonds. The van der Waals surface area contributed by atoms with E-state index >= 15 is 0 Å². The lowest BCUT2D eigenvalue weighted by molar-refractivity contribution is -0.113. The molecule has 0 spiro atoms. The number of amides is 2. The fourth-order valence-corrected chi connectivity index (χ4v) is 4.16. The van der Waals surface area contributed by atoms with Gasteiger partial charge in [0.1, 0.15) is 12.4 Å². The van der Waals surface area contributed by atoms with Gasteiger partial charge in [-0.25, -0.2) is 9.29 Å². The summed E-state index contributed by atoms with van der Waals surface area (Å²) in [6.07, 6.45) is 1.62. The van der Waals surface area contributed by atoms with Gasteiger partial charge in [0.2, 0.25) is 0 Å². The first-order valence-electron chi connectivity index (χ1n) is 9.53. The van der Waals surface area contributed by atoms with E-state index in [1.54, 1.807) is 60.7 Å². The first-order chi connectivity index (χ1) is 15.4. The maximum absolute atomic E-state index is 13.3. The molecule has 0 aliphatic carbocycles. The number of carbonyl (C=O) groups is 2. The van der Waals surface area contributed by atoms with E-state index in [9.17, 15) is 14.0 Å². The summed E-state index contributed by atoms with van der Waals surface area (Å²) in [6, 6.07) is 17.9. The van der Waals surface area contributed by atoms with Gasteiger partial charge < -0.3 is 9.47 Å². The Bertz CT molecular complexity index is 1230. The van der Waals surface area contributed by atoms with Crippen molar-refractivity contribution in [3.63, 3.8) is 0 Å². The number of halogens is 2. The third-order valence-corrected chi connectivity index (χ3v) is 5.73. The number of hydrogen-bond acceptors (Lipinski definition) is 5. The second kappa shape index (κ2) is 9.46. The molecule has 0 aromatic heterocycles. The number of imide groups is 1. The molecule has 0 N–H and O–H groups in total. The Balaban J connectivity index is 1.53. The molecule has 4 rings (SSSR count). The number of hydrogen-bond donors (Lipinski definition) is 0. The largest absolute Gasteiger partial charge is 0.493 e. The Morgan fingerprint density at radius 1 is 1.03 bits per heavy atom. The molecule has 3 aromatic rings. The van der Waals surface area contributed by atoms with E-state index in [2.05, 4.69) is 0 Å². The fraction of sp³-hybridized carbons (Fsp3) is 0.0833. The molecule has 1 aliphatic rings. The number of benzene rings is 3. The molecule has 1 heterocycles. The van der Waals surface area contributed by atoms with Gasteiger partial charge in [0.05, 0.1) is 17.7 Å². The molecule has 0 unspecified atom stereocenters. The molecule has 8 heteroatoms. The van der Waals surface area contributed by atoms with Crippen molar-refractivity contribution in [1.82, 2.24) is 0 Å². The number of methoxy groups -OCH3 is 1. The summed E-state index contributed by atoms with van der Waals surface area (Å²) >= 11 is 6.84. The minimum Gasteiger partial charge on any atom is -0.493 e. The predicted octanol–water partition coefficient (Wildman–Crippen LogP) is 6.31. The van der Waals surface area contributed by atoms with Crippen LogP contribution in [0, 0.1) is 5.82 Å². The number of anilines is 1. The van der Waals surface area contributed by atoms with Gasteiger partial charge in [-0.05, 0) is 71.4 Å². The number of rotatable bonds is 6. The minimum atomic E-state index is -0.423. The SMILES string of the molecule is COc1cc(/C=C2/SC(=O)N(c3cccc(Cl)c3)C2=O)ccc1OCc1cccc(F)c1. The zero-order chi connectivity index (χ0) is 22.7. The summed E-state index contributed by atoms with van der Waals surface area (Å²) in [5, 5.41) is 0.0367. The molecule has 0 radical (unpaired) electrons. The predicted molar refractivity (Wildman–Crippen MR) is 124 cm³/mol. The van der Waals surface area contributed by atoms with E-state index in [-0.39, 0.29) is 17.3 Å². The minimum absolute atomic E-state index is 0.173. The molecule has 1 fully saturated rings. The highest BCUT2D eigenvalue weighted by Gasteiger charge is 2.36. The summed E-state index contributed by atoms with van der Waals surface area (Å²) in [4.78, 5) is 26.6. The lowest BCUT2D eigenvalue weighted by atomic mass is 10.1. The fourth-order valence-electron chi connectivity index (χ4n) is 3.14. The Morgan fingerprint density at radius 3 is 2.59 bits per heavy atom. The second-order valence-electron chi connectivity index (χ2n) is 6.83. The van der Waals surface area contributed by atoms with E-state index in [0.717, 1.165) is 16.7 Å². The van der Waals surface area contributed by atoms with Crippen LogP contribution in [0.15, 0.2) is 71.6 Å². The van der Waals surface area contributed by atoms with E-state index in [0.29, 0.717) is 33.3 Å². The molecule has 1 saturated heterocycles. The van der Waals surface area contributed by atoms with Crippen LogP contribution in [0.4, 0.5) is 14.9 Å². The molecule has 1 aliphatic heterocycles. The number of carbonyl (C=O) groups excluding carboxylic acids is 2. The van der Waals surface area contributed by atoms with Crippen molar-refractivity contribution < 1.29 is 23.5 Å². The van der Waals surface area contributed by atoms with Gasteiger partial charge in [0.25, 0.3) is 11.1 Å². The summed E-state index contributed by atoms with van der Waals surface area (Å²) in [5.74, 6) is 0.165. The first-order valence-corrected chi connectivity index (χ1v) is 10.7. The smallest absolute Gasteiger partial charge is 0.298 e. The zero-order valence-corrected chi connectivity index (χ0v) is 18.5. The first kappa shape index (κ1) is 21.9. The van der Waals surface area contributed by atoms with Crippen LogP contribution >= 0.6 is 23.4 Å². The van der Waals surface area contributed by atoms with Crippen molar-refractivity contribution in [2.24, 2.45) is 0 Å². The highest BCUT2D eigenvalue weighted by Crippen LogP contribution is 2.37. The van der Waals surface area contributed by atoms with Crippen molar-refractivity contribution in [1.29, 1.82) is 0 Å². The van der Waals surface area contributed by atoms with Crippen LogP contribution in [0.5, 0.6) is 11.5 Å². The number of nitrogens with zero attached hydrogens (tertiary/aromatic N) is 1. The van der Waals surface area contributed by atoms with Crippen LogP contribution in [-0.4, -0.2) is 18.3 Å². The van der Waals surface area contributed by atoms with Crippen LogP contribution < -0.4 is 14.4 Å². The standard InChI is InChI=1S/C24H17ClFNO4S/c1-30-21-11-15(8-9-20(21)31-14-16-4-2-6-18(26)10-16)12-22-23(28)27(24(29)32-22)19-7-3-5-17(25)13-19/h2-13H,14H2,1H3/b22-12+. The van der Waals surface area contributed by atoms with Crippen LogP contribution in [0.2, 0.25) is 5.02 Å². The highest BCUT2D eigenvalue weighted by molar-refractivity contribution is 8.19. The van der Waals surface area contributed by atoms with Gasteiger partial charge in [-0.3, -0.25) is 9.59 Å². The van der Waals surface area contributed by atoms with Crippen molar-refractivity contribution in [2.45, 2.75) is 6.61 Å². The second-order valence-corrected chi connectivity index (χ2v) is 8.26. The maximum Gasteiger partial charge on any atom is 0.298 e. The van der Waals surface area contributed by atoms with Gasteiger partial charge in [-0.2, -0.15) is 0 Å². The molecule has 5 nitrogen and oxygen atoms in total. The third-order valence-electron chi connectivity index (χ3n) is 4.63. The monoisotopic (exact) mass is 469 g/mol. The van der Waals surface area contributed by atoms with Crippen molar-refractivity contribution in [3.8, 4) is 11.5 Å². The van der Waals surface area contributed by atoms with E-state index in [1.807, 2.05) is 0 Å². The van der Waals surface area contributed by atoms with Gasteiger partial charge in [-0.15, -0.1) is 0 Å². The van der Waals surface area contributed by atoms with Crippen LogP contribution in [0.3, 0.4) is 0 Å². The molecule has 0 bridgehead atoms. The molecular weight excluding hydrogens is 453 g/mol. The lowest BCUT2D eigenvalue weighted by Gasteiger charge is -2.12. The Hall–Kier alpha value is -3.29. The van der Waals surface area contributed by atoms with Crippen molar-refractivity contribution in [2.75, 3.05) is 12.0 Å². The Morgan fingerprint density at radius 2 is 1.84 bits per heavy atom. The number of ether oxygens (including phenoxy) is 2. The van der Waals surface area contributed by atoms with Crippen molar-refractivity contribution in [3.05, 3.63) is 93.6 Å². The highest BCUT2D eigenvalue weighted by atomic mass is 35.5. The average Bonchev–Trinajstić information content (AvgIpc) is 3.05. The van der Waals surface area contributed by atoms with Gasteiger partial charge in [0.15, 0.2) is 11.5 Å². The summed E-state index contributed by atoms with van der Waals surface area (Å²) in [5.41, 5.74) is 1.77. The molecule has 0 atom stereocenters. The van der Waals surface area contributed by atoms with Gasteiger partial charge >= 0.3 is 0 Å². The van der Waals surface area contributed by atoms with Gasteiger partial charge in [0, 0.05) is 5.02 Å². The van der Waals surface area contributed by atoms with E-state index in [4.69, 9.17) is 21.1 Å². The molecule has 0 saturated carbocycles. The van der Waals surface area contributed by atoms with Crippen LogP contribution in [0.25, 0.3) is 6.08 Å². The maximum atomic E-state index is 13.3. The normalized spacial score (nSPS) is 14.8. The quantitative estimate of drug-likeness (QED) is 0.396. The lowest BCUT2D eigenvalue weighted by Crippen LogP contribution is -2.27. The van der Waals surface area contributed by atoms with Gasteiger partial charge in [-0.1, -0.05) is 35.9 Å². The Kier molecular flexibility index (Phi) is 6.48. The average molecular weight is 470 g/mol. The molecule has 162 valence electrons. The number of thioether (sulfide) groups is 1.